The molecule has 1 aliphatic carbocycles. The SMILES string of the molecule is CCOC(=O)C1=C[C@@H](N2CCC[C@H](OCCOC(=O)N3CCOCC3)C2)[C@H](NC(C)=O)[C@@H](N)C1. The third-order valence-electron chi connectivity index (χ3n) is 6.33. The summed E-state index contributed by atoms with van der Waals surface area (Å²) < 4.78 is 21.8. The summed E-state index contributed by atoms with van der Waals surface area (Å²) in [5.74, 6) is -0.526. The minimum Gasteiger partial charge on any atom is -0.463 e. The van der Waals surface area contributed by atoms with Crippen molar-refractivity contribution in [1.82, 2.24) is 15.1 Å². The Morgan fingerprint density at radius 3 is 2.65 bits per heavy atom. The highest BCUT2D eigenvalue weighted by Crippen LogP contribution is 2.26. The summed E-state index contributed by atoms with van der Waals surface area (Å²) in [5, 5.41) is 2.97. The van der Waals surface area contributed by atoms with Gasteiger partial charge in [-0.3, -0.25) is 9.69 Å². The molecule has 11 heteroatoms. The van der Waals surface area contributed by atoms with Gasteiger partial charge in [0.05, 0.1) is 44.6 Å². The molecule has 2 heterocycles. The molecule has 0 spiro atoms. The van der Waals surface area contributed by atoms with Gasteiger partial charge in [0.1, 0.15) is 6.61 Å². The summed E-state index contributed by atoms with van der Waals surface area (Å²) >= 11 is 0. The van der Waals surface area contributed by atoms with Crippen LogP contribution in [-0.4, -0.2) is 111 Å². The molecule has 2 aliphatic heterocycles. The van der Waals surface area contributed by atoms with Crippen molar-refractivity contribution in [2.75, 3.05) is 59.2 Å². The average Bonchev–Trinajstić information content (AvgIpc) is 2.83. The molecule has 0 unspecified atom stereocenters. The van der Waals surface area contributed by atoms with Crippen LogP contribution in [0, 0.1) is 0 Å². The van der Waals surface area contributed by atoms with Crippen molar-refractivity contribution >= 4 is 18.0 Å². The summed E-state index contributed by atoms with van der Waals surface area (Å²) in [4.78, 5) is 40.1. The minimum absolute atomic E-state index is 0.0496. The average molecular weight is 483 g/mol. The molecule has 4 atom stereocenters. The third-order valence-corrected chi connectivity index (χ3v) is 6.33. The number of rotatable bonds is 8. The van der Waals surface area contributed by atoms with Gasteiger partial charge < -0.3 is 34.9 Å². The summed E-state index contributed by atoms with van der Waals surface area (Å²) in [6, 6.07) is -0.958. The molecule has 34 heavy (non-hydrogen) atoms. The molecule has 0 radical (unpaired) electrons. The Hall–Kier alpha value is -2.21. The lowest BCUT2D eigenvalue weighted by Crippen LogP contribution is -2.62. The van der Waals surface area contributed by atoms with Crippen molar-refractivity contribution in [3.63, 3.8) is 0 Å². The Labute approximate surface area is 200 Å². The zero-order chi connectivity index (χ0) is 24.5. The highest BCUT2D eigenvalue weighted by molar-refractivity contribution is 5.89. The van der Waals surface area contributed by atoms with Gasteiger partial charge >= 0.3 is 12.1 Å². The maximum absolute atomic E-state index is 12.4. The first-order valence-electron chi connectivity index (χ1n) is 12.1. The molecular weight excluding hydrogens is 444 g/mol. The fraction of sp³-hybridized carbons (Fsp3) is 0.783. The summed E-state index contributed by atoms with van der Waals surface area (Å²) in [6.07, 6.45) is 3.62. The van der Waals surface area contributed by atoms with Gasteiger partial charge in [0.25, 0.3) is 0 Å². The Kier molecular flexibility index (Phi) is 10.1. The molecule has 2 amide bonds. The number of nitrogens with zero attached hydrogens (tertiary/aromatic N) is 2. The largest absolute Gasteiger partial charge is 0.463 e. The number of nitrogens with two attached hydrogens (primary N) is 1. The standard InChI is InChI=1S/C23H38N4O7/c1-3-32-22(29)17-13-19(24)21(25-16(2)28)20(14-17)27-6-4-5-18(15-27)33-11-12-34-23(30)26-7-9-31-10-8-26/h14,18-21H,3-13,15,24H2,1-2H3,(H,25,28)/t18-,19-,20+,21+/m0/s1. The summed E-state index contributed by atoms with van der Waals surface area (Å²) in [6.45, 7) is 7.57. The Balaban J connectivity index is 1.55. The number of carbonyl (C=O) groups excluding carboxylic acids is 3. The second kappa shape index (κ2) is 13.0. The van der Waals surface area contributed by atoms with Crippen LogP contribution in [0.4, 0.5) is 4.79 Å². The topological polar surface area (TPSA) is 133 Å². The Bertz CT molecular complexity index is 741. The lowest BCUT2D eigenvalue weighted by Gasteiger charge is -2.44. The van der Waals surface area contributed by atoms with Gasteiger partial charge in [-0.05, 0) is 32.7 Å². The molecule has 2 saturated heterocycles. The zero-order valence-electron chi connectivity index (χ0n) is 20.2. The molecule has 0 aromatic heterocycles. The molecule has 0 aromatic carbocycles. The maximum Gasteiger partial charge on any atom is 0.409 e. The molecule has 0 aromatic rings. The minimum atomic E-state index is -0.404. The van der Waals surface area contributed by atoms with E-state index in [2.05, 4.69) is 10.2 Å². The fourth-order valence-corrected chi connectivity index (χ4v) is 4.70. The Morgan fingerprint density at radius 2 is 1.94 bits per heavy atom. The highest BCUT2D eigenvalue weighted by atomic mass is 16.6. The molecule has 0 saturated carbocycles. The number of morpholine rings is 1. The van der Waals surface area contributed by atoms with Gasteiger partial charge in [0, 0.05) is 38.2 Å². The smallest absolute Gasteiger partial charge is 0.409 e. The van der Waals surface area contributed by atoms with Crippen molar-refractivity contribution in [2.45, 2.75) is 57.3 Å². The van der Waals surface area contributed by atoms with Gasteiger partial charge in [-0.1, -0.05) is 6.08 Å². The second-order valence-corrected chi connectivity index (χ2v) is 8.84. The number of nitrogens with one attached hydrogen (secondary N) is 1. The van der Waals surface area contributed by atoms with E-state index in [9.17, 15) is 14.4 Å². The monoisotopic (exact) mass is 482 g/mol. The number of esters is 1. The fourth-order valence-electron chi connectivity index (χ4n) is 4.70. The van der Waals surface area contributed by atoms with Gasteiger partial charge in [0.15, 0.2) is 0 Å². The number of carbonyl (C=O) groups is 3. The van der Waals surface area contributed by atoms with Crippen LogP contribution in [0.2, 0.25) is 0 Å². The van der Waals surface area contributed by atoms with E-state index in [1.54, 1.807) is 11.8 Å². The molecular formula is C23H38N4O7. The first-order chi connectivity index (χ1) is 16.4. The van der Waals surface area contributed by atoms with Crippen LogP contribution in [-0.2, 0) is 28.5 Å². The van der Waals surface area contributed by atoms with Crippen molar-refractivity contribution in [3.05, 3.63) is 11.6 Å². The zero-order valence-corrected chi connectivity index (χ0v) is 20.2. The number of hydrogen-bond donors (Lipinski definition) is 2. The van der Waals surface area contributed by atoms with Crippen molar-refractivity contribution in [1.29, 1.82) is 0 Å². The van der Waals surface area contributed by atoms with E-state index in [0.717, 1.165) is 19.4 Å². The van der Waals surface area contributed by atoms with E-state index in [4.69, 9.17) is 24.7 Å². The van der Waals surface area contributed by atoms with Crippen LogP contribution in [0.15, 0.2) is 11.6 Å². The van der Waals surface area contributed by atoms with Gasteiger partial charge in [0.2, 0.25) is 5.91 Å². The van der Waals surface area contributed by atoms with E-state index in [1.807, 2.05) is 6.08 Å². The Morgan fingerprint density at radius 1 is 1.18 bits per heavy atom. The first kappa shape index (κ1) is 26.4. The number of ether oxygens (including phenoxy) is 4. The number of piperidine rings is 1. The second-order valence-electron chi connectivity index (χ2n) is 8.84. The van der Waals surface area contributed by atoms with E-state index in [0.29, 0.717) is 58.1 Å². The highest BCUT2D eigenvalue weighted by Gasteiger charge is 2.39. The third kappa shape index (κ3) is 7.39. The first-order valence-corrected chi connectivity index (χ1v) is 12.1. The van der Waals surface area contributed by atoms with Crippen LogP contribution < -0.4 is 11.1 Å². The van der Waals surface area contributed by atoms with Crippen LogP contribution in [0.3, 0.4) is 0 Å². The van der Waals surface area contributed by atoms with Crippen molar-refractivity contribution in [3.8, 4) is 0 Å². The molecule has 11 nitrogen and oxygen atoms in total. The molecule has 3 rings (SSSR count). The molecule has 3 N–H and O–H groups in total. The lowest BCUT2D eigenvalue weighted by molar-refractivity contribution is -0.138. The van der Waals surface area contributed by atoms with Crippen molar-refractivity contribution in [2.24, 2.45) is 5.73 Å². The molecule has 3 aliphatic rings. The summed E-state index contributed by atoms with van der Waals surface area (Å²) in [7, 11) is 0. The quantitative estimate of drug-likeness (QED) is 0.363. The van der Waals surface area contributed by atoms with E-state index >= 15 is 0 Å². The number of likely N-dealkylation sites (tertiary alicyclic amines) is 1. The predicted molar refractivity (Wildman–Crippen MR) is 123 cm³/mol. The number of hydrogen-bond acceptors (Lipinski definition) is 9. The molecule has 0 bridgehead atoms. The molecule has 192 valence electrons. The van der Waals surface area contributed by atoms with Gasteiger partial charge in [-0.2, -0.15) is 0 Å². The maximum atomic E-state index is 12.4. The van der Waals surface area contributed by atoms with Crippen LogP contribution in [0.5, 0.6) is 0 Å². The predicted octanol–water partition coefficient (Wildman–Crippen LogP) is 0.0300. The van der Waals surface area contributed by atoms with Gasteiger partial charge in [-0.25, -0.2) is 9.59 Å². The molecule has 2 fully saturated rings. The van der Waals surface area contributed by atoms with Gasteiger partial charge in [-0.15, -0.1) is 0 Å². The van der Waals surface area contributed by atoms with E-state index in [-0.39, 0.29) is 42.8 Å². The normalized spacial score (nSPS) is 28.1. The van der Waals surface area contributed by atoms with Crippen LogP contribution in [0.25, 0.3) is 0 Å². The van der Waals surface area contributed by atoms with Crippen molar-refractivity contribution < 1.29 is 33.3 Å². The van der Waals surface area contributed by atoms with Crippen LogP contribution >= 0.6 is 0 Å². The van der Waals surface area contributed by atoms with E-state index in [1.165, 1.54) is 6.92 Å². The number of amides is 2. The lowest BCUT2D eigenvalue weighted by atomic mass is 9.85. The van der Waals surface area contributed by atoms with E-state index < -0.39 is 6.04 Å². The van der Waals surface area contributed by atoms with Crippen LogP contribution in [0.1, 0.15) is 33.1 Å². The summed E-state index contributed by atoms with van der Waals surface area (Å²) in [5.41, 5.74) is 6.93.